The summed E-state index contributed by atoms with van der Waals surface area (Å²) in [5, 5.41) is 1.66. The molecule has 2 rings (SSSR count). The van der Waals surface area contributed by atoms with Gasteiger partial charge in [0.2, 0.25) is 0 Å². The summed E-state index contributed by atoms with van der Waals surface area (Å²) >= 11 is 1.77. The van der Waals surface area contributed by atoms with Gasteiger partial charge >= 0.3 is 5.97 Å². The summed E-state index contributed by atoms with van der Waals surface area (Å²) in [6.07, 6.45) is 0. The highest BCUT2D eigenvalue weighted by molar-refractivity contribution is 8.16. The van der Waals surface area contributed by atoms with E-state index in [9.17, 15) is 4.79 Å². The second-order valence-electron chi connectivity index (χ2n) is 5.94. The molecule has 1 aliphatic heterocycles. The van der Waals surface area contributed by atoms with E-state index < -0.39 is 0 Å². The first-order valence-electron chi connectivity index (χ1n) is 6.89. The zero-order chi connectivity index (χ0) is 14.9. The Morgan fingerprint density at radius 2 is 2.00 bits per heavy atom. The Balaban J connectivity index is 2.26. The second kappa shape index (κ2) is 5.60. The van der Waals surface area contributed by atoms with Gasteiger partial charge in [-0.1, -0.05) is 46.8 Å². The van der Waals surface area contributed by atoms with E-state index in [-0.39, 0.29) is 17.3 Å². The SMILES string of the molecule is CC(C)C(=O)Oc1ccccc1N=C1SC(C)C1(C)C. The average Bonchev–Trinajstić information content (AvgIpc) is 2.40. The van der Waals surface area contributed by atoms with Crippen molar-refractivity contribution in [2.75, 3.05) is 0 Å². The monoisotopic (exact) mass is 291 g/mol. The molecular formula is C16H21NO2S. The molecule has 0 amide bonds. The van der Waals surface area contributed by atoms with Crippen molar-refractivity contribution < 1.29 is 9.53 Å². The van der Waals surface area contributed by atoms with E-state index in [2.05, 4.69) is 25.8 Å². The molecule has 4 heteroatoms. The number of rotatable bonds is 3. The van der Waals surface area contributed by atoms with E-state index >= 15 is 0 Å². The molecule has 0 saturated carbocycles. The van der Waals surface area contributed by atoms with Crippen LogP contribution in [0.2, 0.25) is 0 Å². The minimum atomic E-state index is -0.230. The molecule has 1 saturated heterocycles. The number of hydrogen-bond acceptors (Lipinski definition) is 4. The van der Waals surface area contributed by atoms with Gasteiger partial charge in [-0.15, -0.1) is 11.8 Å². The van der Waals surface area contributed by atoms with Crippen LogP contribution in [0.4, 0.5) is 5.69 Å². The van der Waals surface area contributed by atoms with Gasteiger partial charge in [0.1, 0.15) is 5.69 Å². The largest absolute Gasteiger partial charge is 0.424 e. The highest BCUT2D eigenvalue weighted by Crippen LogP contribution is 2.49. The molecule has 1 aromatic carbocycles. The maximum atomic E-state index is 11.7. The van der Waals surface area contributed by atoms with Crippen molar-refractivity contribution in [3.05, 3.63) is 24.3 Å². The molecule has 0 aliphatic carbocycles. The first kappa shape index (κ1) is 15.1. The predicted molar refractivity (Wildman–Crippen MR) is 84.8 cm³/mol. The van der Waals surface area contributed by atoms with E-state index in [4.69, 9.17) is 4.74 Å². The van der Waals surface area contributed by atoms with E-state index in [1.807, 2.05) is 32.0 Å². The fraction of sp³-hybridized carbons (Fsp3) is 0.500. The van der Waals surface area contributed by atoms with E-state index in [1.54, 1.807) is 17.8 Å². The highest BCUT2D eigenvalue weighted by Gasteiger charge is 2.43. The maximum absolute atomic E-state index is 11.7. The molecule has 0 aromatic heterocycles. The van der Waals surface area contributed by atoms with Gasteiger partial charge in [-0.2, -0.15) is 0 Å². The predicted octanol–water partition coefficient (Wildman–Crippen LogP) is 4.44. The Bertz CT molecular complexity index is 549. The van der Waals surface area contributed by atoms with Crippen LogP contribution in [0, 0.1) is 11.3 Å². The molecular weight excluding hydrogens is 270 g/mol. The van der Waals surface area contributed by atoms with Crippen LogP contribution in [0.5, 0.6) is 5.75 Å². The molecule has 0 spiro atoms. The number of esters is 1. The van der Waals surface area contributed by atoms with Crippen LogP contribution in [0.3, 0.4) is 0 Å². The van der Waals surface area contributed by atoms with Crippen LogP contribution in [-0.2, 0) is 4.79 Å². The number of nitrogens with zero attached hydrogens (tertiary/aromatic N) is 1. The van der Waals surface area contributed by atoms with E-state index in [0.29, 0.717) is 11.0 Å². The van der Waals surface area contributed by atoms with E-state index in [1.165, 1.54) is 0 Å². The normalized spacial score (nSPS) is 22.7. The second-order valence-corrected chi connectivity index (χ2v) is 7.27. The number of aliphatic imine (C=N–C) groups is 1. The van der Waals surface area contributed by atoms with Gasteiger partial charge in [-0.3, -0.25) is 4.79 Å². The van der Waals surface area contributed by atoms with Crippen LogP contribution in [0.15, 0.2) is 29.3 Å². The third kappa shape index (κ3) is 2.90. The van der Waals surface area contributed by atoms with Crippen molar-refractivity contribution in [3.63, 3.8) is 0 Å². The number of carbonyl (C=O) groups is 1. The van der Waals surface area contributed by atoms with Gasteiger partial charge in [0.15, 0.2) is 5.75 Å². The van der Waals surface area contributed by atoms with Crippen molar-refractivity contribution in [1.29, 1.82) is 0 Å². The molecule has 1 aromatic rings. The van der Waals surface area contributed by atoms with Gasteiger partial charge in [0, 0.05) is 10.7 Å². The van der Waals surface area contributed by atoms with Crippen molar-refractivity contribution in [1.82, 2.24) is 0 Å². The first-order chi connectivity index (χ1) is 9.32. The molecule has 0 radical (unpaired) electrons. The summed E-state index contributed by atoms with van der Waals surface area (Å²) in [6, 6.07) is 7.44. The lowest BCUT2D eigenvalue weighted by Gasteiger charge is -2.42. The number of para-hydroxylation sites is 2. The van der Waals surface area contributed by atoms with Crippen LogP contribution in [-0.4, -0.2) is 16.3 Å². The summed E-state index contributed by atoms with van der Waals surface area (Å²) in [7, 11) is 0. The Hall–Kier alpha value is -1.29. The van der Waals surface area contributed by atoms with Crippen molar-refractivity contribution in [2.45, 2.75) is 39.9 Å². The topological polar surface area (TPSA) is 38.7 Å². The molecule has 20 heavy (non-hydrogen) atoms. The molecule has 1 heterocycles. The zero-order valence-electron chi connectivity index (χ0n) is 12.6. The van der Waals surface area contributed by atoms with Gasteiger partial charge in [0.25, 0.3) is 0 Å². The minimum Gasteiger partial charge on any atom is -0.424 e. The molecule has 1 aliphatic rings. The average molecular weight is 291 g/mol. The minimum absolute atomic E-state index is 0.0971. The smallest absolute Gasteiger partial charge is 0.313 e. The quantitative estimate of drug-likeness (QED) is 0.610. The molecule has 108 valence electrons. The lowest BCUT2D eigenvalue weighted by molar-refractivity contribution is -0.137. The Morgan fingerprint density at radius 1 is 1.35 bits per heavy atom. The highest BCUT2D eigenvalue weighted by atomic mass is 32.2. The van der Waals surface area contributed by atoms with Gasteiger partial charge in [0.05, 0.1) is 11.0 Å². The van der Waals surface area contributed by atoms with Crippen molar-refractivity contribution in [2.24, 2.45) is 16.3 Å². The Labute approximate surface area is 124 Å². The zero-order valence-corrected chi connectivity index (χ0v) is 13.5. The lowest BCUT2D eigenvalue weighted by Crippen LogP contribution is -2.42. The van der Waals surface area contributed by atoms with Crippen LogP contribution in [0.1, 0.15) is 34.6 Å². The third-order valence-electron chi connectivity index (χ3n) is 3.63. The molecule has 1 unspecified atom stereocenters. The first-order valence-corrected chi connectivity index (χ1v) is 7.77. The summed E-state index contributed by atoms with van der Waals surface area (Å²) in [6.45, 7) is 10.2. The van der Waals surface area contributed by atoms with Crippen molar-refractivity contribution >= 4 is 28.5 Å². The van der Waals surface area contributed by atoms with Gasteiger partial charge < -0.3 is 4.74 Å². The molecule has 3 nitrogen and oxygen atoms in total. The third-order valence-corrected chi connectivity index (χ3v) is 5.41. The lowest BCUT2D eigenvalue weighted by atomic mass is 9.89. The number of benzene rings is 1. The summed E-state index contributed by atoms with van der Waals surface area (Å²) < 4.78 is 5.42. The molecule has 0 N–H and O–H groups in total. The van der Waals surface area contributed by atoms with Crippen LogP contribution < -0.4 is 4.74 Å². The fourth-order valence-electron chi connectivity index (χ4n) is 1.72. The number of ether oxygens (including phenoxy) is 1. The van der Waals surface area contributed by atoms with Gasteiger partial charge in [-0.05, 0) is 12.1 Å². The molecule has 0 bridgehead atoms. The number of hydrogen-bond donors (Lipinski definition) is 0. The number of thioether (sulfide) groups is 1. The van der Waals surface area contributed by atoms with Crippen LogP contribution >= 0.6 is 11.8 Å². The Kier molecular flexibility index (Phi) is 4.23. The summed E-state index contributed by atoms with van der Waals surface area (Å²) in [5.74, 6) is 0.159. The molecule has 1 atom stereocenters. The standard InChI is InChI=1S/C16H21NO2S/c1-10(2)14(18)19-13-9-7-6-8-12(13)17-15-16(4,5)11(3)20-15/h6-11H,1-5H3. The summed E-state index contributed by atoms with van der Waals surface area (Å²) in [5.41, 5.74) is 0.823. The fourth-order valence-corrected chi connectivity index (χ4v) is 2.91. The summed E-state index contributed by atoms with van der Waals surface area (Å²) in [4.78, 5) is 16.4. The van der Waals surface area contributed by atoms with Crippen molar-refractivity contribution in [3.8, 4) is 5.75 Å². The Morgan fingerprint density at radius 3 is 2.55 bits per heavy atom. The number of carbonyl (C=O) groups excluding carboxylic acids is 1. The van der Waals surface area contributed by atoms with Crippen LogP contribution in [0.25, 0.3) is 0 Å². The van der Waals surface area contributed by atoms with E-state index in [0.717, 1.165) is 10.7 Å². The molecule has 1 fully saturated rings. The van der Waals surface area contributed by atoms with Gasteiger partial charge in [-0.25, -0.2) is 4.99 Å². The maximum Gasteiger partial charge on any atom is 0.313 e.